The number of aliphatic hydroxyl groups is 4. The quantitative estimate of drug-likeness (QED) is 0.0634. The normalized spacial score (nSPS) is 27.8. The summed E-state index contributed by atoms with van der Waals surface area (Å²) in [6.07, 6.45) is 21.6. The molecule has 2 fully saturated rings. The van der Waals surface area contributed by atoms with E-state index < -0.39 is 24.4 Å². The van der Waals surface area contributed by atoms with Crippen molar-refractivity contribution >= 4 is 5.97 Å². The molecule has 0 radical (unpaired) electrons. The van der Waals surface area contributed by atoms with Gasteiger partial charge in [-0.3, -0.25) is 0 Å². The number of hydrogen-bond donors (Lipinski definition) is 4. The van der Waals surface area contributed by atoms with E-state index in [0.717, 1.165) is 83.5 Å². The fourth-order valence-electron chi connectivity index (χ4n) is 7.29. The average Bonchev–Trinajstić information content (AvgIpc) is 3.77. The van der Waals surface area contributed by atoms with E-state index in [1.165, 1.54) is 38.5 Å². The van der Waals surface area contributed by atoms with Crippen molar-refractivity contribution in [2.75, 3.05) is 0 Å². The van der Waals surface area contributed by atoms with Crippen molar-refractivity contribution in [1.82, 2.24) is 0 Å². The summed E-state index contributed by atoms with van der Waals surface area (Å²) in [7, 11) is 0. The molecule has 3 aliphatic heterocycles. The summed E-state index contributed by atoms with van der Waals surface area (Å²) in [4.78, 5) is 11.7. The number of aliphatic hydroxyl groups excluding tert-OH is 4. The lowest BCUT2D eigenvalue weighted by atomic mass is 9.98. The molecule has 0 bridgehead atoms. The minimum atomic E-state index is -0.627. The number of ether oxygens (including phenoxy) is 3. The van der Waals surface area contributed by atoms with Crippen LogP contribution in [0.3, 0.4) is 0 Å². The molecule has 3 heterocycles. The van der Waals surface area contributed by atoms with Crippen LogP contribution in [0.25, 0.3) is 0 Å². The Morgan fingerprint density at radius 2 is 1.18 bits per heavy atom. The number of hydrogen-bond acceptors (Lipinski definition) is 8. The highest BCUT2D eigenvalue weighted by Crippen LogP contribution is 2.31. The molecule has 8 heteroatoms. The van der Waals surface area contributed by atoms with Crippen LogP contribution in [0.5, 0.6) is 0 Å². The van der Waals surface area contributed by atoms with Gasteiger partial charge >= 0.3 is 5.97 Å². The Bertz CT molecular complexity index is 833. The number of unbranched alkanes of at least 4 members (excludes halogenated alkanes) is 11. The molecule has 0 aromatic rings. The van der Waals surface area contributed by atoms with E-state index >= 15 is 0 Å². The summed E-state index contributed by atoms with van der Waals surface area (Å²) in [5.41, 5.74) is 0.600. The largest absolute Gasteiger partial charge is 0.455 e. The van der Waals surface area contributed by atoms with Gasteiger partial charge in [-0.2, -0.15) is 0 Å². The van der Waals surface area contributed by atoms with E-state index in [2.05, 4.69) is 6.92 Å². The standard InChI is InChI=1S/C37H66O8/c1-3-4-5-6-7-8-12-15-18-31(39)35-23-24-36(45-35)33(41)21-20-32(40)34-22-19-30(44-34)17-14-11-9-10-13-16-29(38)26-28-25-27(2)43-37(28)42/h25,27,29-36,38-41H,3-24,26H2,1-2H3/t27-,29-,30-,31+,32-,33+,34-,35+,36+/m0/s1. The zero-order valence-corrected chi connectivity index (χ0v) is 28.5. The molecule has 2 saturated heterocycles. The first-order valence-electron chi connectivity index (χ1n) is 18.7. The smallest absolute Gasteiger partial charge is 0.334 e. The molecule has 3 rings (SSSR count). The monoisotopic (exact) mass is 638 g/mol. The number of cyclic esters (lactones) is 1. The maximum atomic E-state index is 11.7. The van der Waals surface area contributed by atoms with Crippen LogP contribution >= 0.6 is 0 Å². The number of esters is 1. The van der Waals surface area contributed by atoms with Crippen LogP contribution in [0, 0.1) is 0 Å². The molecule has 262 valence electrons. The van der Waals surface area contributed by atoms with Crippen molar-refractivity contribution in [2.24, 2.45) is 0 Å². The maximum absolute atomic E-state index is 11.7. The fraction of sp³-hybridized carbons (Fsp3) is 0.919. The summed E-state index contributed by atoms with van der Waals surface area (Å²) >= 11 is 0. The molecular weight excluding hydrogens is 572 g/mol. The van der Waals surface area contributed by atoms with E-state index in [4.69, 9.17) is 14.2 Å². The molecule has 0 aliphatic carbocycles. The van der Waals surface area contributed by atoms with E-state index in [-0.39, 0.29) is 36.5 Å². The van der Waals surface area contributed by atoms with Gasteiger partial charge in [0, 0.05) is 12.0 Å². The van der Waals surface area contributed by atoms with Gasteiger partial charge in [-0.1, -0.05) is 90.4 Å². The predicted octanol–water partition coefficient (Wildman–Crippen LogP) is 6.83. The number of carbonyl (C=O) groups is 1. The molecule has 0 unspecified atom stereocenters. The van der Waals surface area contributed by atoms with Crippen molar-refractivity contribution < 1.29 is 39.4 Å². The van der Waals surface area contributed by atoms with Crippen LogP contribution in [0.4, 0.5) is 0 Å². The number of carbonyl (C=O) groups excluding carboxylic acids is 1. The molecule has 0 aromatic heterocycles. The molecule has 4 N–H and O–H groups in total. The van der Waals surface area contributed by atoms with E-state index in [1.807, 2.05) is 6.92 Å². The molecule has 0 spiro atoms. The van der Waals surface area contributed by atoms with Gasteiger partial charge in [0.25, 0.3) is 0 Å². The molecule has 3 aliphatic rings. The van der Waals surface area contributed by atoms with Gasteiger partial charge in [0.2, 0.25) is 0 Å². The van der Waals surface area contributed by atoms with Crippen molar-refractivity contribution in [2.45, 2.75) is 216 Å². The van der Waals surface area contributed by atoms with E-state index in [1.54, 1.807) is 6.08 Å². The van der Waals surface area contributed by atoms with Crippen LogP contribution in [0.1, 0.15) is 162 Å². The third kappa shape index (κ3) is 14.7. The second-order valence-corrected chi connectivity index (χ2v) is 14.2. The number of rotatable bonds is 25. The summed E-state index contributed by atoms with van der Waals surface area (Å²) < 4.78 is 17.3. The minimum Gasteiger partial charge on any atom is -0.455 e. The Hall–Kier alpha value is -1.03. The topological polar surface area (TPSA) is 126 Å². The second-order valence-electron chi connectivity index (χ2n) is 14.2. The van der Waals surface area contributed by atoms with Crippen LogP contribution < -0.4 is 0 Å². The lowest BCUT2D eigenvalue weighted by molar-refractivity contribution is -0.139. The van der Waals surface area contributed by atoms with Crippen LogP contribution in [0.2, 0.25) is 0 Å². The lowest BCUT2D eigenvalue weighted by Crippen LogP contribution is -2.33. The van der Waals surface area contributed by atoms with Crippen LogP contribution in [0.15, 0.2) is 11.6 Å². The van der Waals surface area contributed by atoms with Crippen molar-refractivity contribution in [3.8, 4) is 0 Å². The second kappa shape index (κ2) is 21.8. The van der Waals surface area contributed by atoms with E-state index in [0.29, 0.717) is 31.3 Å². The third-order valence-electron chi connectivity index (χ3n) is 10.1. The lowest BCUT2D eigenvalue weighted by Gasteiger charge is -2.24. The molecule has 0 aromatic carbocycles. The van der Waals surface area contributed by atoms with Crippen molar-refractivity contribution in [3.63, 3.8) is 0 Å². The summed E-state index contributed by atoms with van der Waals surface area (Å²) in [5, 5.41) is 42.4. The van der Waals surface area contributed by atoms with Crippen LogP contribution in [-0.2, 0) is 19.0 Å². The molecule has 0 saturated carbocycles. The molecular formula is C37H66O8. The van der Waals surface area contributed by atoms with Gasteiger partial charge in [-0.15, -0.1) is 0 Å². The molecule has 45 heavy (non-hydrogen) atoms. The first-order valence-corrected chi connectivity index (χ1v) is 18.7. The third-order valence-corrected chi connectivity index (χ3v) is 10.1. The van der Waals surface area contributed by atoms with E-state index in [9.17, 15) is 25.2 Å². The zero-order valence-electron chi connectivity index (χ0n) is 28.5. The summed E-state index contributed by atoms with van der Waals surface area (Å²) in [5.74, 6) is -0.295. The highest BCUT2D eigenvalue weighted by molar-refractivity contribution is 5.90. The Labute approximate surface area is 273 Å². The van der Waals surface area contributed by atoms with Gasteiger partial charge in [0.15, 0.2) is 0 Å². The van der Waals surface area contributed by atoms with Gasteiger partial charge in [-0.25, -0.2) is 4.79 Å². The molecule has 0 amide bonds. The first kappa shape index (κ1) is 38.4. The van der Waals surface area contributed by atoms with Crippen LogP contribution in [-0.4, -0.2) is 81.3 Å². The SMILES string of the molecule is CCCCCCCCCC[C@@H](O)[C@H]1CC[C@H]([C@H](O)CC[C@H](O)[C@@H]2CC[C@H](CCCCCCC[C@H](O)CC3=C[C@H](C)OC3=O)O2)O1. The Morgan fingerprint density at radius 3 is 1.78 bits per heavy atom. The average molecular weight is 639 g/mol. The Kier molecular flexibility index (Phi) is 18.6. The highest BCUT2D eigenvalue weighted by atomic mass is 16.5. The summed E-state index contributed by atoms with van der Waals surface area (Å²) in [6, 6.07) is 0. The van der Waals surface area contributed by atoms with Crippen molar-refractivity contribution in [1.29, 1.82) is 0 Å². The zero-order chi connectivity index (χ0) is 32.4. The highest BCUT2D eigenvalue weighted by Gasteiger charge is 2.36. The van der Waals surface area contributed by atoms with Gasteiger partial charge in [0.05, 0.1) is 48.8 Å². The van der Waals surface area contributed by atoms with Gasteiger partial charge in [0.1, 0.15) is 6.10 Å². The Balaban J connectivity index is 1.16. The van der Waals surface area contributed by atoms with Crippen molar-refractivity contribution in [3.05, 3.63) is 11.6 Å². The fourth-order valence-corrected chi connectivity index (χ4v) is 7.29. The van der Waals surface area contributed by atoms with Gasteiger partial charge in [-0.05, 0) is 70.8 Å². The summed E-state index contributed by atoms with van der Waals surface area (Å²) in [6.45, 7) is 4.07. The van der Waals surface area contributed by atoms with Gasteiger partial charge < -0.3 is 34.6 Å². The minimum absolute atomic E-state index is 0.162. The predicted molar refractivity (Wildman–Crippen MR) is 177 cm³/mol. The first-order chi connectivity index (χ1) is 21.8. The Morgan fingerprint density at radius 1 is 0.667 bits per heavy atom. The maximum Gasteiger partial charge on any atom is 0.334 e. The molecule has 9 atom stereocenters. The molecule has 8 nitrogen and oxygen atoms in total.